The van der Waals surface area contributed by atoms with Gasteiger partial charge in [0.05, 0.1) is 6.61 Å². The second-order valence-electron chi connectivity index (χ2n) is 16.8. The van der Waals surface area contributed by atoms with Gasteiger partial charge in [0.15, 0.2) is 0 Å². The van der Waals surface area contributed by atoms with Crippen LogP contribution in [0.2, 0.25) is 0 Å². The van der Waals surface area contributed by atoms with Crippen molar-refractivity contribution >= 4 is 5.97 Å². The van der Waals surface area contributed by atoms with E-state index in [1.807, 2.05) is 0 Å². The molecule has 0 saturated heterocycles. The number of rotatable bonds is 46. The minimum Gasteiger partial charge on any atom is -0.466 e. The average Bonchev–Trinajstić information content (AvgIpc) is 3.15. The highest BCUT2D eigenvalue weighted by molar-refractivity contribution is 5.69. The molecule has 0 atom stereocenters. The van der Waals surface area contributed by atoms with E-state index in [4.69, 9.17) is 4.74 Å². The molecule has 0 aliphatic heterocycles. The van der Waals surface area contributed by atoms with E-state index in [9.17, 15) is 4.79 Å². The van der Waals surface area contributed by atoms with Gasteiger partial charge >= 0.3 is 5.97 Å². The summed E-state index contributed by atoms with van der Waals surface area (Å²) < 4.78 is 5.48. The fourth-order valence-electron chi connectivity index (χ4n) is 7.72. The Hall–Kier alpha value is -0.790. The van der Waals surface area contributed by atoms with Gasteiger partial charge in [0, 0.05) is 6.42 Å². The van der Waals surface area contributed by atoms with Crippen molar-refractivity contribution < 1.29 is 9.53 Å². The van der Waals surface area contributed by atoms with Crippen LogP contribution in [0.5, 0.6) is 0 Å². The number of ether oxygens (including phenoxy) is 1. The smallest absolute Gasteiger partial charge is 0.305 e. The van der Waals surface area contributed by atoms with Crippen LogP contribution in [0.1, 0.15) is 296 Å². The molecule has 0 aromatic heterocycles. The van der Waals surface area contributed by atoms with Gasteiger partial charge in [-0.25, -0.2) is 0 Å². The van der Waals surface area contributed by atoms with Crippen molar-refractivity contribution in [2.24, 2.45) is 0 Å². The number of allylic oxidation sites excluding steroid dienone is 2. The van der Waals surface area contributed by atoms with E-state index in [0.29, 0.717) is 13.0 Å². The molecule has 0 heterocycles. The van der Waals surface area contributed by atoms with Crippen LogP contribution < -0.4 is 0 Å². The van der Waals surface area contributed by atoms with Crippen LogP contribution in [0.3, 0.4) is 0 Å². The molecule has 0 aromatic rings. The Labute approximate surface area is 329 Å². The highest BCUT2D eigenvalue weighted by Gasteiger charge is 2.03. The fraction of sp³-hybridized carbons (Fsp3) is 0.940. The van der Waals surface area contributed by atoms with Gasteiger partial charge in [0.1, 0.15) is 0 Å². The van der Waals surface area contributed by atoms with Crippen molar-refractivity contribution in [3.05, 3.63) is 12.2 Å². The molecule has 0 spiro atoms. The monoisotopic (exact) mass is 731 g/mol. The quantitative estimate of drug-likeness (QED) is 0.0354. The van der Waals surface area contributed by atoms with Gasteiger partial charge in [0.25, 0.3) is 0 Å². The summed E-state index contributed by atoms with van der Waals surface area (Å²) in [5, 5.41) is 0. The molecule has 0 radical (unpaired) electrons. The summed E-state index contributed by atoms with van der Waals surface area (Å²) in [6.07, 6.45) is 64.9. The van der Waals surface area contributed by atoms with Crippen LogP contribution in [-0.2, 0) is 9.53 Å². The topological polar surface area (TPSA) is 26.3 Å². The molecule has 0 rings (SSSR count). The standard InChI is InChI=1S/C50H98O2/c1-3-5-7-9-11-13-15-17-19-21-22-23-24-25-26-27-28-29-30-31-32-33-34-36-38-40-42-44-46-48-50(51)52-49-47-45-43-41-39-37-35-20-18-16-14-12-10-8-6-4-2/h18,20H,3-17,19,21-49H2,1-2H3/b20-18-. The molecule has 0 fully saturated rings. The Morgan fingerprint density at radius 3 is 0.827 bits per heavy atom. The summed E-state index contributed by atoms with van der Waals surface area (Å²) in [7, 11) is 0. The first-order valence-corrected chi connectivity index (χ1v) is 24.6. The first-order chi connectivity index (χ1) is 25.8. The fourth-order valence-corrected chi connectivity index (χ4v) is 7.72. The van der Waals surface area contributed by atoms with E-state index in [-0.39, 0.29) is 5.97 Å². The lowest BCUT2D eigenvalue weighted by atomic mass is 10.0. The largest absolute Gasteiger partial charge is 0.466 e. The third-order valence-electron chi connectivity index (χ3n) is 11.4. The molecule has 2 heteroatoms. The van der Waals surface area contributed by atoms with Crippen molar-refractivity contribution in [1.29, 1.82) is 0 Å². The molecule has 2 nitrogen and oxygen atoms in total. The van der Waals surface area contributed by atoms with Crippen LogP contribution in [-0.4, -0.2) is 12.6 Å². The minimum atomic E-state index is 0.0257. The Bertz CT molecular complexity index is 669. The van der Waals surface area contributed by atoms with Gasteiger partial charge in [-0.1, -0.05) is 264 Å². The predicted octanol–water partition coefficient (Wildman–Crippen LogP) is 18.3. The van der Waals surface area contributed by atoms with Crippen LogP contribution in [0.15, 0.2) is 12.2 Å². The number of carbonyl (C=O) groups excluding carboxylic acids is 1. The third kappa shape index (κ3) is 47.2. The number of hydrogen-bond donors (Lipinski definition) is 0. The highest BCUT2D eigenvalue weighted by Crippen LogP contribution is 2.17. The maximum Gasteiger partial charge on any atom is 0.305 e. The molecule has 0 saturated carbocycles. The van der Waals surface area contributed by atoms with Gasteiger partial charge in [0.2, 0.25) is 0 Å². The third-order valence-corrected chi connectivity index (χ3v) is 11.4. The van der Waals surface area contributed by atoms with Crippen LogP contribution in [0.4, 0.5) is 0 Å². The first-order valence-electron chi connectivity index (χ1n) is 24.6. The zero-order valence-corrected chi connectivity index (χ0v) is 36.3. The van der Waals surface area contributed by atoms with Gasteiger partial charge in [-0.15, -0.1) is 0 Å². The second-order valence-corrected chi connectivity index (χ2v) is 16.8. The van der Waals surface area contributed by atoms with Gasteiger partial charge in [-0.2, -0.15) is 0 Å². The molecule has 0 aliphatic carbocycles. The molecular weight excluding hydrogens is 633 g/mol. The van der Waals surface area contributed by atoms with Gasteiger partial charge in [-0.05, 0) is 38.5 Å². The van der Waals surface area contributed by atoms with Crippen LogP contribution in [0, 0.1) is 0 Å². The summed E-state index contributed by atoms with van der Waals surface area (Å²) >= 11 is 0. The lowest BCUT2D eigenvalue weighted by Crippen LogP contribution is -2.05. The van der Waals surface area contributed by atoms with Gasteiger partial charge in [-0.3, -0.25) is 4.79 Å². The Morgan fingerprint density at radius 1 is 0.308 bits per heavy atom. The summed E-state index contributed by atoms with van der Waals surface area (Å²) in [4.78, 5) is 12.0. The summed E-state index contributed by atoms with van der Waals surface area (Å²) in [5.74, 6) is 0.0257. The van der Waals surface area contributed by atoms with E-state index >= 15 is 0 Å². The Kier molecular flexibility index (Phi) is 47.5. The molecule has 0 N–H and O–H groups in total. The molecule has 0 aliphatic rings. The molecule has 52 heavy (non-hydrogen) atoms. The first kappa shape index (κ1) is 51.2. The van der Waals surface area contributed by atoms with Crippen LogP contribution >= 0.6 is 0 Å². The van der Waals surface area contributed by atoms with E-state index in [1.54, 1.807) is 0 Å². The Balaban J connectivity index is 3.16. The maximum absolute atomic E-state index is 12.0. The molecule has 0 bridgehead atoms. The molecule has 310 valence electrons. The molecule has 0 unspecified atom stereocenters. The number of carbonyl (C=O) groups is 1. The van der Waals surface area contributed by atoms with Crippen molar-refractivity contribution in [1.82, 2.24) is 0 Å². The second kappa shape index (κ2) is 48.2. The minimum absolute atomic E-state index is 0.0257. The summed E-state index contributed by atoms with van der Waals surface area (Å²) in [6, 6.07) is 0. The molecular formula is C50H98O2. The maximum atomic E-state index is 12.0. The average molecular weight is 731 g/mol. The Morgan fingerprint density at radius 2 is 0.538 bits per heavy atom. The lowest BCUT2D eigenvalue weighted by molar-refractivity contribution is -0.143. The van der Waals surface area contributed by atoms with E-state index in [1.165, 1.54) is 263 Å². The zero-order valence-electron chi connectivity index (χ0n) is 36.3. The molecule has 0 amide bonds. The van der Waals surface area contributed by atoms with E-state index < -0.39 is 0 Å². The zero-order chi connectivity index (χ0) is 37.5. The van der Waals surface area contributed by atoms with Crippen molar-refractivity contribution in [2.45, 2.75) is 296 Å². The number of esters is 1. The predicted molar refractivity (Wildman–Crippen MR) is 235 cm³/mol. The van der Waals surface area contributed by atoms with Crippen molar-refractivity contribution in [3.63, 3.8) is 0 Å². The lowest BCUT2D eigenvalue weighted by Gasteiger charge is -2.06. The SMILES string of the molecule is CCCCCCCC/C=C\CCCCCCCCOC(=O)CCCCCCCCCCCCCCCCCCCCCCCCCCCCCCC. The molecule has 0 aromatic carbocycles. The van der Waals surface area contributed by atoms with E-state index in [2.05, 4.69) is 26.0 Å². The summed E-state index contributed by atoms with van der Waals surface area (Å²) in [6.45, 7) is 5.21. The number of hydrogen-bond acceptors (Lipinski definition) is 2. The highest BCUT2D eigenvalue weighted by atomic mass is 16.5. The van der Waals surface area contributed by atoms with E-state index in [0.717, 1.165) is 12.8 Å². The van der Waals surface area contributed by atoms with Crippen molar-refractivity contribution in [3.8, 4) is 0 Å². The normalized spacial score (nSPS) is 11.7. The van der Waals surface area contributed by atoms with Crippen LogP contribution in [0.25, 0.3) is 0 Å². The summed E-state index contributed by atoms with van der Waals surface area (Å²) in [5.41, 5.74) is 0. The number of unbranched alkanes of at least 4 members (excludes halogenated alkanes) is 40. The van der Waals surface area contributed by atoms with Gasteiger partial charge < -0.3 is 4.74 Å². The van der Waals surface area contributed by atoms with Crippen molar-refractivity contribution in [2.75, 3.05) is 6.61 Å².